The van der Waals surface area contributed by atoms with Gasteiger partial charge in [0.15, 0.2) is 5.88 Å². The van der Waals surface area contributed by atoms with Crippen LogP contribution in [0.2, 0.25) is 0 Å². The Labute approximate surface area is 108 Å². The Morgan fingerprint density at radius 2 is 1.94 bits per heavy atom. The zero-order valence-corrected chi connectivity index (χ0v) is 10.7. The average Bonchev–Trinajstić information content (AvgIpc) is 2.82. The summed E-state index contributed by atoms with van der Waals surface area (Å²) in [6.07, 6.45) is 4.07. The zero-order chi connectivity index (χ0) is 12.2. The minimum Gasteiger partial charge on any atom is -0.478 e. The third-order valence-corrected chi connectivity index (χ3v) is 3.62. The van der Waals surface area contributed by atoms with Gasteiger partial charge in [-0.2, -0.15) is 0 Å². The van der Waals surface area contributed by atoms with E-state index >= 15 is 0 Å². The van der Waals surface area contributed by atoms with Crippen LogP contribution in [0.3, 0.4) is 0 Å². The van der Waals surface area contributed by atoms with Crippen molar-refractivity contribution in [3.8, 4) is 5.88 Å². The minimum absolute atomic E-state index is 0.771. The summed E-state index contributed by atoms with van der Waals surface area (Å²) in [6.45, 7) is 4.27. The molecule has 0 bridgehead atoms. The lowest BCUT2D eigenvalue weighted by Gasteiger charge is -2.25. The second-order valence-corrected chi connectivity index (χ2v) is 4.97. The Bertz CT molecular complexity index is 467. The molecule has 18 heavy (non-hydrogen) atoms. The van der Waals surface area contributed by atoms with E-state index in [1.54, 1.807) is 0 Å². The third kappa shape index (κ3) is 2.67. The first kappa shape index (κ1) is 11.6. The van der Waals surface area contributed by atoms with Gasteiger partial charge in [0.25, 0.3) is 0 Å². The number of fused-ring (bicyclic) bond motifs is 1. The largest absolute Gasteiger partial charge is 0.478 e. The molecule has 0 amide bonds. The summed E-state index contributed by atoms with van der Waals surface area (Å²) in [6, 6.07) is 10.3. The van der Waals surface area contributed by atoms with Crippen molar-refractivity contribution in [1.82, 2.24) is 9.88 Å². The fraction of sp³-hybridized carbons (Fsp3) is 0.467. The van der Waals surface area contributed by atoms with Crippen LogP contribution in [0.4, 0.5) is 0 Å². The van der Waals surface area contributed by atoms with E-state index in [1.807, 2.05) is 12.1 Å². The second-order valence-electron chi connectivity index (χ2n) is 4.97. The molecule has 2 aromatic rings. The SMILES string of the molecule is c1ccc2[nH]c(OCCN3CCCCC3)cc2c1. The highest BCUT2D eigenvalue weighted by molar-refractivity contribution is 5.81. The Hall–Kier alpha value is -1.48. The molecule has 0 atom stereocenters. The number of ether oxygens (including phenoxy) is 1. The molecule has 3 nitrogen and oxygen atoms in total. The summed E-state index contributed by atoms with van der Waals surface area (Å²) in [5.41, 5.74) is 1.14. The summed E-state index contributed by atoms with van der Waals surface area (Å²) >= 11 is 0. The highest BCUT2D eigenvalue weighted by atomic mass is 16.5. The molecule has 0 radical (unpaired) electrons. The van der Waals surface area contributed by atoms with Crippen molar-refractivity contribution < 1.29 is 4.74 Å². The molecule has 96 valence electrons. The molecule has 0 aliphatic carbocycles. The standard InChI is InChI=1S/C15H20N2O/c1-4-8-17(9-5-1)10-11-18-15-12-13-6-2-3-7-14(13)16-15/h2-3,6-7,12,16H,1,4-5,8-11H2. The van der Waals surface area contributed by atoms with E-state index in [9.17, 15) is 0 Å². The normalized spacial score (nSPS) is 17.1. The van der Waals surface area contributed by atoms with Gasteiger partial charge in [0.2, 0.25) is 0 Å². The van der Waals surface area contributed by atoms with E-state index in [1.165, 1.54) is 37.7 Å². The van der Waals surface area contributed by atoms with Gasteiger partial charge in [0.1, 0.15) is 6.61 Å². The number of piperidine rings is 1. The maximum Gasteiger partial charge on any atom is 0.191 e. The quantitative estimate of drug-likeness (QED) is 0.895. The monoisotopic (exact) mass is 244 g/mol. The summed E-state index contributed by atoms with van der Waals surface area (Å²) in [4.78, 5) is 5.78. The topological polar surface area (TPSA) is 28.3 Å². The van der Waals surface area contributed by atoms with Crippen molar-refractivity contribution >= 4 is 10.9 Å². The lowest BCUT2D eigenvalue weighted by molar-refractivity contribution is 0.181. The van der Waals surface area contributed by atoms with Crippen LogP contribution in [0, 0.1) is 0 Å². The van der Waals surface area contributed by atoms with E-state index in [2.05, 4.69) is 28.1 Å². The minimum atomic E-state index is 0.771. The van der Waals surface area contributed by atoms with Crippen LogP contribution in [0.25, 0.3) is 10.9 Å². The lowest BCUT2D eigenvalue weighted by atomic mass is 10.1. The van der Waals surface area contributed by atoms with Gasteiger partial charge in [-0.15, -0.1) is 0 Å². The van der Waals surface area contributed by atoms with E-state index in [0.717, 1.165) is 24.5 Å². The number of nitrogens with zero attached hydrogens (tertiary/aromatic N) is 1. The molecule has 0 spiro atoms. The van der Waals surface area contributed by atoms with Gasteiger partial charge in [0, 0.05) is 23.5 Å². The molecule has 1 fully saturated rings. The maximum atomic E-state index is 5.80. The molecule has 3 rings (SSSR count). The van der Waals surface area contributed by atoms with Gasteiger partial charge in [0.05, 0.1) is 0 Å². The van der Waals surface area contributed by atoms with Crippen LogP contribution in [0.15, 0.2) is 30.3 Å². The van der Waals surface area contributed by atoms with Gasteiger partial charge in [-0.05, 0) is 32.0 Å². The van der Waals surface area contributed by atoms with Gasteiger partial charge in [-0.25, -0.2) is 0 Å². The number of hydrogen-bond donors (Lipinski definition) is 1. The second kappa shape index (κ2) is 5.44. The van der Waals surface area contributed by atoms with Crippen molar-refractivity contribution in [3.63, 3.8) is 0 Å². The van der Waals surface area contributed by atoms with Crippen molar-refractivity contribution in [2.75, 3.05) is 26.2 Å². The summed E-state index contributed by atoms with van der Waals surface area (Å²) < 4.78 is 5.80. The first-order valence-corrected chi connectivity index (χ1v) is 6.85. The highest BCUT2D eigenvalue weighted by Crippen LogP contribution is 2.19. The summed E-state index contributed by atoms with van der Waals surface area (Å²) in [5.74, 6) is 0.883. The Morgan fingerprint density at radius 3 is 2.78 bits per heavy atom. The number of rotatable bonds is 4. The van der Waals surface area contributed by atoms with Gasteiger partial charge >= 0.3 is 0 Å². The number of nitrogens with one attached hydrogen (secondary N) is 1. The van der Waals surface area contributed by atoms with E-state index in [0.29, 0.717) is 0 Å². The Morgan fingerprint density at radius 1 is 1.11 bits per heavy atom. The number of likely N-dealkylation sites (tertiary alicyclic amines) is 1. The van der Waals surface area contributed by atoms with Crippen molar-refractivity contribution in [1.29, 1.82) is 0 Å². The Balaban J connectivity index is 1.53. The van der Waals surface area contributed by atoms with Crippen LogP contribution in [-0.2, 0) is 0 Å². The molecule has 0 saturated carbocycles. The van der Waals surface area contributed by atoms with E-state index < -0.39 is 0 Å². The predicted molar refractivity (Wildman–Crippen MR) is 74.1 cm³/mol. The number of benzene rings is 1. The highest BCUT2D eigenvalue weighted by Gasteiger charge is 2.09. The molecule has 2 heterocycles. The fourth-order valence-electron chi connectivity index (χ4n) is 2.59. The average molecular weight is 244 g/mol. The van der Waals surface area contributed by atoms with Crippen molar-refractivity contribution in [2.45, 2.75) is 19.3 Å². The van der Waals surface area contributed by atoms with E-state index in [4.69, 9.17) is 4.74 Å². The molecule has 1 N–H and O–H groups in total. The number of aromatic nitrogens is 1. The third-order valence-electron chi connectivity index (χ3n) is 3.62. The van der Waals surface area contributed by atoms with Gasteiger partial charge in [-0.1, -0.05) is 24.6 Å². The van der Waals surface area contributed by atoms with Crippen LogP contribution in [0.5, 0.6) is 5.88 Å². The molecule has 1 aromatic carbocycles. The van der Waals surface area contributed by atoms with Crippen molar-refractivity contribution in [3.05, 3.63) is 30.3 Å². The van der Waals surface area contributed by atoms with Crippen molar-refractivity contribution in [2.24, 2.45) is 0 Å². The molecule has 1 aliphatic rings. The maximum absolute atomic E-state index is 5.80. The first-order chi connectivity index (χ1) is 8.92. The van der Waals surface area contributed by atoms with Gasteiger partial charge < -0.3 is 9.72 Å². The molecular formula is C15H20N2O. The molecule has 3 heteroatoms. The number of hydrogen-bond acceptors (Lipinski definition) is 2. The van der Waals surface area contributed by atoms with Crippen LogP contribution < -0.4 is 4.74 Å². The first-order valence-electron chi connectivity index (χ1n) is 6.85. The molecule has 0 unspecified atom stereocenters. The van der Waals surface area contributed by atoms with E-state index in [-0.39, 0.29) is 0 Å². The predicted octanol–water partition coefficient (Wildman–Crippen LogP) is 3.03. The van der Waals surface area contributed by atoms with Crippen LogP contribution >= 0.6 is 0 Å². The Kier molecular flexibility index (Phi) is 3.51. The zero-order valence-electron chi connectivity index (χ0n) is 10.7. The fourth-order valence-corrected chi connectivity index (χ4v) is 2.59. The molecule has 1 saturated heterocycles. The molecule has 1 aromatic heterocycles. The smallest absolute Gasteiger partial charge is 0.191 e. The molecular weight excluding hydrogens is 224 g/mol. The number of H-pyrrole nitrogens is 1. The summed E-state index contributed by atoms with van der Waals surface area (Å²) in [7, 11) is 0. The molecule has 1 aliphatic heterocycles. The number of aromatic amines is 1. The summed E-state index contributed by atoms with van der Waals surface area (Å²) in [5, 5.41) is 1.21. The van der Waals surface area contributed by atoms with Crippen LogP contribution in [-0.4, -0.2) is 36.1 Å². The van der Waals surface area contributed by atoms with Gasteiger partial charge in [-0.3, -0.25) is 4.90 Å². The lowest BCUT2D eigenvalue weighted by Crippen LogP contribution is -2.33. The van der Waals surface area contributed by atoms with Crippen LogP contribution in [0.1, 0.15) is 19.3 Å². The number of para-hydroxylation sites is 1.